The lowest BCUT2D eigenvalue weighted by atomic mass is 10.0. The van der Waals surface area contributed by atoms with Gasteiger partial charge in [0.1, 0.15) is 0 Å². The van der Waals surface area contributed by atoms with Crippen LogP contribution in [0.3, 0.4) is 0 Å². The number of hydrogen-bond donors (Lipinski definition) is 1. The molecule has 2 aromatic rings. The molecule has 1 aromatic heterocycles. The van der Waals surface area contributed by atoms with E-state index in [0.717, 1.165) is 17.4 Å². The van der Waals surface area contributed by atoms with Gasteiger partial charge in [0.05, 0.1) is 0 Å². The molecule has 1 heterocycles. The molecule has 0 saturated heterocycles. The second-order valence-electron chi connectivity index (χ2n) is 4.79. The number of benzene rings is 1. The maximum Gasteiger partial charge on any atom is 0.0455 e. The van der Waals surface area contributed by atoms with Crippen LogP contribution in [0.4, 0.5) is 0 Å². The van der Waals surface area contributed by atoms with Crippen molar-refractivity contribution in [2.24, 2.45) is 0 Å². The summed E-state index contributed by atoms with van der Waals surface area (Å²) < 4.78 is 1.14. The third kappa shape index (κ3) is 4.44. The third-order valence-corrected chi connectivity index (χ3v) is 4.74. The Morgan fingerprint density at radius 2 is 1.89 bits per heavy atom. The van der Waals surface area contributed by atoms with E-state index in [0.29, 0.717) is 6.04 Å². The Morgan fingerprint density at radius 1 is 1.16 bits per heavy atom. The lowest BCUT2D eigenvalue weighted by Gasteiger charge is -2.17. The molecule has 0 spiro atoms. The van der Waals surface area contributed by atoms with Gasteiger partial charge < -0.3 is 5.32 Å². The molecule has 0 radical (unpaired) electrons. The SMILES string of the molecule is CCCNC(Cc1ccc(Br)cc1)c1ccc(C)s1. The van der Waals surface area contributed by atoms with Crippen LogP contribution in [-0.4, -0.2) is 6.54 Å². The Kier molecular flexibility index (Phi) is 5.61. The number of nitrogens with one attached hydrogen (secondary N) is 1. The zero-order valence-electron chi connectivity index (χ0n) is 11.4. The van der Waals surface area contributed by atoms with E-state index in [2.05, 4.69) is 71.5 Å². The van der Waals surface area contributed by atoms with Crippen LogP contribution in [0.1, 0.15) is 34.7 Å². The van der Waals surface area contributed by atoms with E-state index in [1.54, 1.807) is 0 Å². The minimum absolute atomic E-state index is 0.430. The highest BCUT2D eigenvalue weighted by molar-refractivity contribution is 9.10. The molecule has 1 unspecified atom stereocenters. The van der Waals surface area contributed by atoms with Crippen LogP contribution >= 0.6 is 27.3 Å². The van der Waals surface area contributed by atoms with Crippen LogP contribution in [0.15, 0.2) is 40.9 Å². The van der Waals surface area contributed by atoms with Crippen LogP contribution < -0.4 is 5.32 Å². The highest BCUT2D eigenvalue weighted by Gasteiger charge is 2.13. The number of hydrogen-bond acceptors (Lipinski definition) is 2. The number of halogens is 1. The first-order valence-corrected chi connectivity index (χ1v) is 8.34. The van der Waals surface area contributed by atoms with Gasteiger partial charge in [0, 0.05) is 20.3 Å². The van der Waals surface area contributed by atoms with Crippen molar-refractivity contribution >= 4 is 27.3 Å². The highest BCUT2D eigenvalue weighted by atomic mass is 79.9. The summed E-state index contributed by atoms with van der Waals surface area (Å²) in [6, 6.07) is 13.5. The molecule has 0 amide bonds. The maximum atomic E-state index is 3.66. The fourth-order valence-corrected chi connectivity index (χ4v) is 3.31. The van der Waals surface area contributed by atoms with Gasteiger partial charge in [0.25, 0.3) is 0 Å². The Bertz CT molecular complexity index is 504. The monoisotopic (exact) mass is 337 g/mol. The summed E-state index contributed by atoms with van der Waals surface area (Å²) in [5.74, 6) is 0. The molecule has 19 heavy (non-hydrogen) atoms. The first kappa shape index (κ1) is 14.8. The minimum atomic E-state index is 0.430. The molecule has 1 aromatic carbocycles. The lowest BCUT2D eigenvalue weighted by Crippen LogP contribution is -2.23. The van der Waals surface area contributed by atoms with Crippen molar-refractivity contribution in [3.05, 3.63) is 56.2 Å². The predicted octanol–water partition coefficient (Wildman–Crippen LogP) is 5.10. The third-order valence-electron chi connectivity index (χ3n) is 3.10. The summed E-state index contributed by atoms with van der Waals surface area (Å²) in [6.45, 7) is 5.45. The Morgan fingerprint density at radius 3 is 2.47 bits per heavy atom. The molecule has 0 saturated carbocycles. The van der Waals surface area contributed by atoms with E-state index in [1.165, 1.54) is 21.7 Å². The van der Waals surface area contributed by atoms with Crippen molar-refractivity contribution < 1.29 is 0 Å². The molecule has 3 heteroatoms. The smallest absolute Gasteiger partial charge is 0.0455 e. The molecule has 2 rings (SSSR count). The molecule has 0 aliphatic rings. The van der Waals surface area contributed by atoms with Gasteiger partial charge in [0.2, 0.25) is 0 Å². The molecule has 0 aliphatic heterocycles. The van der Waals surface area contributed by atoms with Gasteiger partial charge in [-0.2, -0.15) is 0 Å². The van der Waals surface area contributed by atoms with Gasteiger partial charge in [0.15, 0.2) is 0 Å². The number of aryl methyl sites for hydroxylation is 1. The maximum absolute atomic E-state index is 3.66. The fraction of sp³-hybridized carbons (Fsp3) is 0.375. The van der Waals surface area contributed by atoms with E-state index in [9.17, 15) is 0 Å². The standard InChI is InChI=1S/C16H20BrNS/c1-3-10-18-15(16-9-4-12(2)19-16)11-13-5-7-14(17)8-6-13/h4-9,15,18H,3,10-11H2,1-2H3. The summed E-state index contributed by atoms with van der Waals surface area (Å²) in [5, 5.41) is 3.66. The lowest BCUT2D eigenvalue weighted by molar-refractivity contribution is 0.536. The largest absolute Gasteiger partial charge is 0.309 e. The highest BCUT2D eigenvalue weighted by Crippen LogP contribution is 2.26. The Balaban J connectivity index is 2.11. The van der Waals surface area contributed by atoms with E-state index in [-0.39, 0.29) is 0 Å². The summed E-state index contributed by atoms with van der Waals surface area (Å²) in [4.78, 5) is 2.82. The van der Waals surface area contributed by atoms with Crippen molar-refractivity contribution in [3.8, 4) is 0 Å². The molecular formula is C16H20BrNS. The van der Waals surface area contributed by atoms with Crippen molar-refractivity contribution in [3.63, 3.8) is 0 Å². The molecule has 0 bridgehead atoms. The molecule has 1 atom stereocenters. The van der Waals surface area contributed by atoms with Crippen molar-refractivity contribution in [1.82, 2.24) is 5.32 Å². The van der Waals surface area contributed by atoms with Crippen molar-refractivity contribution in [1.29, 1.82) is 0 Å². The van der Waals surface area contributed by atoms with Crippen LogP contribution in [-0.2, 0) is 6.42 Å². The summed E-state index contributed by atoms with van der Waals surface area (Å²) in [5.41, 5.74) is 1.38. The van der Waals surface area contributed by atoms with Gasteiger partial charge in [-0.3, -0.25) is 0 Å². The molecule has 0 aliphatic carbocycles. The van der Waals surface area contributed by atoms with Gasteiger partial charge in [-0.15, -0.1) is 11.3 Å². The van der Waals surface area contributed by atoms with Gasteiger partial charge in [-0.05, 0) is 56.1 Å². The van der Waals surface area contributed by atoms with E-state index >= 15 is 0 Å². The Hall–Kier alpha value is -0.640. The van der Waals surface area contributed by atoms with Crippen LogP contribution in [0.25, 0.3) is 0 Å². The molecular weight excluding hydrogens is 318 g/mol. The molecule has 1 nitrogen and oxygen atoms in total. The first-order chi connectivity index (χ1) is 9.19. The summed E-state index contributed by atoms with van der Waals surface area (Å²) in [7, 11) is 0. The zero-order valence-corrected chi connectivity index (χ0v) is 13.9. The van der Waals surface area contributed by atoms with Crippen molar-refractivity contribution in [2.75, 3.05) is 6.54 Å². The molecule has 102 valence electrons. The Labute approximate surface area is 128 Å². The predicted molar refractivity (Wildman–Crippen MR) is 87.9 cm³/mol. The topological polar surface area (TPSA) is 12.0 Å². The minimum Gasteiger partial charge on any atom is -0.309 e. The van der Waals surface area contributed by atoms with Gasteiger partial charge >= 0.3 is 0 Å². The quantitative estimate of drug-likeness (QED) is 0.772. The van der Waals surface area contributed by atoms with Crippen LogP contribution in [0, 0.1) is 6.92 Å². The fourth-order valence-electron chi connectivity index (χ4n) is 2.09. The van der Waals surface area contributed by atoms with E-state index in [4.69, 9.17) is 0 Å². The molecule has 0 fully saturated rings. The molecule has 1 N–H and O–H groups in total. The van der Waals surface area contributed by atoms with Gasteiger partial charge in [-0.1, -0.05) is 35.0 Å². The zero-order chi connectivity index (χ0) is 13.7. The van der Waals surface area contributed by atoms with Gasteiger partial charge in [-0.25, -0.2) is 0 Å². The van der Waals surface area contributed by atoms with Crippen LogP contribution in [0.5, 0.6) is 0 Å². The second kappa shape index (κ2) is 7.22. The number of thiophene rings is 1. The van der Waals surface area contributed by atoms with Crippen LogP contribution in [0.2, 0.25) is 0 Å². The summed E-state index contributed by atoms with van der Waals surface area (Å²) >= 11 is 5.39. The average Bonchev–Trinajstić information content (AvgIpc) is 2.83. The normalized spacial score (nSPS) is 12.6. The van der Waals surface area contributed by atoms with E-state index in [1.807, 2.05) is 11.3 Å². The second-order valence-corrected chi connectivity index (χ2v) is 7.02. The summed E-state index contributed by atoms with van der Waals surface area (Å²) in [6.07, 6.45) is 2.22. The van der Waals surface area contributed by atoms with Crippen molar-refractivity contribution in [2.45, 2.75) is 32.7 Å². The average molecular weight is 338 g/mol. The number of rotatable bonds is 6. The van der Waals surface area contributed by atoms with E-state index < -0.39 is 0 Å². The first-order valence-electron chi connectivity index (χ1n) is 6.73.